The van der Waals surface area contributed by atoms with Gasteiger partial charge in [-0.2, -0.15) is 0 Å². The number of nitrogens with one attached hydrogen (secondary N) is 2. The van der Waals surface area contributed by atoms with Crippen molar-refractivity contribution >= 4 is 23.5 Å². The van der Waals surface area contributed by atoms with Crippen LogP contribution in [0.3, 0.4) is 0 Å². The first kappa shape index (κ1) is 19.6. The highest BCUT2D eigenvalue weighted by atomic mass is 16.2. The highest BCUT2D eigenvalue weighted by Gasteiger charge is 2.49. The molecule has 4 amide bonds. The van der Waals surface area contributed by atoms with Crippen molar-refractivity contribution in [3.8, 4) is 0 Å². The molecule has 1 atom stereocenters. The number of benzene rings is 2. The molecular formula is C22H25N3O3. The normalized spacial score (nSPS) is 18.9. The van der Waals surface area contributed by atoms with E-state index in [1.165, 1.54) is 5.56 Å². The number of amides is 4. The van der Waals surface area contributed by atoms with E-state index in [9.17, 15) is 14.4 Å². The molecule has 3 rings (SSSR count). The molecule has 146 valence electrons. The number of urea groups is 1. The van der Waals surface area contributed by atoms with E-state index in [0.29, 0.717) is 11.3 Å². The predicted molar refractivity (Wildman–Crippen MR) is 108 cm³/mol. The van der Waals surface area contributed by atoms with Crippen molar-refractivity contribution in [3.05, 3.63) is 65.2 Å². The zero-order chi connectivity index (χ0) is 20.3. The molecule has 0 saturated carbocycles. The van der Waals surface area contributed by atoms with Gasteiger partial charge < -0.3 is 10.6 Å². The fourth-order valence-corrected chi connectivity index (χ4v) is 3.40. The number of aryl methyl sites for hydroxylation is 2. The number of imide groups is 1. The first-order valence-electron chi connectivity index (χ1n) is 9.43. The van der Waals surface area contributed by atoms with Crippen LogP contribution in [-0.2, 0) is 21.5 Å². The van der Waals surface area contributed by atoms with Crippen molar-refractivity contribution in [2.45, 2.75) is 39.2 Å². The molecule has 2 aromatic carbocycles. The summed E-state index contributed by atoms with van der Waals surface area (Å²) in [5.74, 6) is -0.850. The van der Waals surface area contributed by atoms with Crippen LogP contribution >= 0.6 is 0 Å². The van der Waals surface area contributed by atoms with Crippen LogP contribution in [0.25, 0.3) is 0 Å². The van der Waals surface area contributed by atoms with Gasteiger partial charge in [0.05, 0.1) is 0 Å². The largest absolute Gasteiger partial charge is 0.325 e. The fraction of sp³-hybridized carbons (Fsp3) is 0.318. The van der Waals surface area contributed by atoms with Gasteiger partial charge in [-0.1, -0.05) is 49.7 Å². The summed E-state index contributed by atoms with van der Waals surface area (Å²) in [5, 5.41) is 5.46. The van der Waals surface area contributed by atoms with E-state index < -0.39 is 23.4 Å². The van der Waals surface area contributed by atoms with Crippen LogP contribution in [0.2, 0.25) is 0 Å². The third-order valence-electron chi connectivity index (χ3n) is 4.95. The quantitative estimate of drug-likeness (QED) is 0.756. The average molecular weight is 379 g/mol. The number of nitrogens with zero attached hydrogens (tertiary/aromatic N) is 1. The summed E-state index contributed by atoms with van der Waals surface area (Å²) in [6.45, 7) is 5.36. The molecule has 6 heteroatoms. The van der Waals surface area contributed by atoms with Crippen molar-refractivity contribution in [3.63, 3.8) is 0 Å². The molecule has 0 radical (unpaired) electrons. The van der Waals surface area contributed by atoms with Gasteiger partial charge in [0.25, 0.3) is 5.91 Å². The summed E-state index contributed by atoms with van der Waals surface area (Å²) in [6, 6.07) is 14.4. The van der Waals surface area contributed by atoms with Crippen LogP contribution in [0.1, 0.15) is 37.0 Å². The van der Waals surface area contributed by atoms with Gasteiger partial charge in [-0.15, -0.1) is 0 Å². The van der Waals surface area contributed by atoms with E-state index in [-0.39, 0.29) is 6.54 Å². The Bertz CT molecular complexity index is 907. The maximum Gasteiger partial charge on any atom is 0.325 e. The van der Waals surface area contributed by atoms with Crippen LogP contribution in [0.15, 0.2) is 48.5 Å². The van der Waals surface area contributed by atoms with E-state index in [1.807, 2.05) is 49.4 Å². The minimum Gasteiger partial charge on any atom is -0.325 e. The molecule has 0 bridgehead atoms. The van der Waals surface area contributed by atoms with Crippen LogP contribution in [0, 0.1) is 6.92 Å². The maximum absolute atomic E-state index is 13.0. The Kier molecular flexibility index (Phi) is 5.49. The van der Waals surface area contributed by atoms with E-state index in [1.54, 1.807) is 13.0 Å². The second-order valence-corrected chi connectivity index (χ2v) is 7.31. The number of carbonyl (C=O) groups is 3. The lowest BCUT2D eigenvalue weighted by Crippen LogP contribution is -2.42. The average Bonchev–Trinajstić information content (AvgIpc) is 2.86. The molecule has 2 N–H and O–H groups in total. The van der Waals surface area contributed by atoms with Gasteiger partial charge in [0, 0.05) is 5.69 Å². The zero-order valence-corrected chi connectivity index (χ0v) is 16.4. The molecule has 1 aliphatic heterocycles. The molecule has 6 nitrogen and oxygen atoms in total. The summed E-state index contributed by atoms with van der Waals surface area (Å²) < 4.78 is 0. The van der Waals surface area contributed by atoms with E-state index in [2.05, 4.69) is 17.6 Å². The van der Waals surface area contributed by atoms with Gasteiger partial charge in [0.15, 0.2) is 0 Å². The first-order chi connectivity index (χ1) is 13.3. The summed E-state index contributed by atoms with van der Waals surface area (Å²) in [7, 11) is 0. The van der Waals surface area contributed by atoms with Crippen molar-refractivity contribution in [1.29, 1.82) is 0 Å². The van der Waals surface area contributed by atoms with Crippen molar-refractivity contribution in [1.82, 2.24) is 10.2 Å². The molecule has 0 aliphatic carbocycles. The summed E-state index contributed by atoms with van der Waals surface area (Å²) >= 11 is 0. The van der Waals surface area contributed by atoms with Crippen LogP contribution in [0.4, 0.5) is 10.5 Å². The molecule has 1 aliphatic rings. The third kappa shape index (κ3) is 3.91. The molecule has 2 aromatic rings. The highest BCUT2D eigenvalue weighted by Crippen LogP contribution is 2.29. The molecule has 28 heavy (non-hydrogen) atoms. The lowest BCUT2D eigenvalue weighted by Gasteiger charge is -2.22. The smallest absolute Gasteiger partial charge is 0.325 e. The molecule has 0 aromatic heterocycles. The monoisotopic (exact) mass is 379 g/mol. The Morgan fingerprint density at radius 2 is 1.86 bits per heavy atom. The number of carbonyl (C=O) groups excluding carboxylic acids is 3. The fourth-order valence-electron chi connectivity index (χ4n) is 3.40. The maximum atomic E-state index is 13.0. The Morgan fingerprint density at radius 3 is 2.50 bits per heavy atom. The SMILES string of the molecule is CCCc1ccc(C2(C)NC(=O)N(CC(=O)Nc3cccc(C)c3)C2=O)cc1. The lowest BCUT2D eigenvalue weighted by molar-refractivity contribution is -0.133. The third-order valence-corrected chi connectivity index (χ3v) is 4.95. The molecule has 1 fully saturated rings. The highest BCUT2D eigenvalue weighted by molar-refractivity contribution is 6.10. The Labute approximate surface area is 164 Å². The van der Waals surface area contributed by atoms with E-state index >= 15 is 0 Å². The van der Waals surface area contributed by atoms with Crippen molar-refractivity contribution in [2.75, 3.05) is 11.9 Å². The van der Waals surface area contributed by atoms with Crippen molar-refractivity contribution < 1.29 is 14.4 Å². The minimum absolute atomic E-state index is 0.331. The number of hydrogen-bond acceptors (Lipinski definition) is 3. The Morgan fingerprint density at radius 1 is 1.14 bits per heavy atom. The van der Waals surface area contributed by atoms with E-state index in [0.717, 1.165) is 23.3 Å². The Hall–Kier alpha value is -3.15. The van der Waals surface area contributed by atoms with Gasteiger partial charge in [0.1, 0.15) is 12.1 Å². The first-order valence-corrected chi connectivity index (χ1v) is 9.43. The summed E-state index contributed by atoms with van der Waals surface area (Å²) in [5.41, 5.74) is 2.34. The van der Waals surface area contributed by atoms with Gasteiger partial charge in [-0.05, 0) is 49.1 Å². The van der Waals surface area contributed by atoms with Crippen LogP contribution in [-0.4, -0.2) is 29.3 Å². The van der Waals surface area contributed by atoms with Gasteiger partial charge in [-0.25, -0.2) is 4.79 Å². The lowest BCUT2D eigenvalue weighted by atomic mass is 9.91. The Balaban J connectivity index is 1.72. The molecule has 0 spiro atoms. The summed E-state index contributed by atoms with van der Waals surface area (Å²) in [4.78, 5) is 38.7. The molecule has 1 unspecified atom stereocenters. The molecule has 1 heterocycles. The minimum atomic E-state index is -1.18. The van der Waals surface area contributed by atoms with Gasteiger partial charge in [0.2, 0.25) is 5.91 Å². The number of hydrogen-bond donors (Lipinski definition) is 2. The van der Waals surface area contributed by atoms with Crippen molar-refractivity contribution in [2.24, 2.45) is 0 Å². The standard InChI is InChI=1S/C22H25N3O3/c1-4-6-16-9-11-17(12-10-16)22(3)20(27)25(21(28)24-22)14-19(26)23-18-8-5-7-15(2)13-18/h5,7-13H,4,6,14H2,1-3H3,(H,23,26)(H,24,28). The second kappa shape index (κ2) is 7.84. The van der Waals surface area contributed by atoms with Gasteiger partial charge in [-0.3, -0.25) is 14.5 Å². The number of anilines is 1. The number of rotatable bonds is 6. The second-order valence-electron chi connectivity index (χ2n) is 7.31. The summed E-state index contributed by atoms with van der Waals surface area (Å²) in [6.07, 6.45) is 2.00. The molecular weight excluding hydrogens is 354 g/mol. The van der Waals surface area contributed by atoms with Crippen LogP contribution in [0.5, 0.6) is 0 Å². The van der Waals surface area contributed by atoms with Crippen LogP contribution < -0.4 is 10.6 Å². The zero-order valence-electron chi connectivity index (χ0n) is 16.4. The topological polar surface area (TPSA) is 78.5 Å². The predicted octanol–water partition coefficient (Wildman–Crippen LogP) is 3.35. The van der Waals surface area contributed by atoms with E-state index in [4.69, 9.17) is 0 Å². The molecule has 1 saturated heterocycles. The van der Waals surface area contributed by atoms with Gasteiger partial charge >= 0.3 is 6.03 Å².